The lowest BCUT2D eigenvalue weighted by Gasteiger charge is -2.37. The Morgan fingerprint density at radius 2 is 1.84 bits per heavy atom. The fourth-order valence-corrected chi connectivity index (χ4v) is 3.65. The fourth-order valence-electron chi connectivity index (χ4n) is 3.65. The van der Waals surface area contributed by atoms with E-state index >= 15 is 0 Å². The van der Waals surface area contributed by atoms with Crippen LogP contribution in [-0.2, 0) is 9.59 Å². The van der Waals surface area contributed by atoms with Crippen LogP contribution in [0.2, 0.25) is 0 Å². The van der Waals surface area contributed by atoms with Gasteiger partial charge >= 0.3 is 0 Å². The van der Waals surface area contributed by atoms with Gasteiger partial charge in [0.25, 0.3) is 0 Å². The maximum atomic E-state index is 12.8. The summed E-state index contributed by atoms with van der Waals surface area (Å²) in [5.74, 6) is 1.03. The largest absolute Gasteiger partial charge is 0.366 e. The number of piperidine rings is 2. The summed E-state index contributed by atoms with van der Waals surface area (Å²) in [6.07, 6.45) is 3.62. The van der Waals surface area contributed by atoms with Crippen molar-refractivity contribution in [1.82, 2.24) is 20.0 Å². The van der Waals surface area contributed by atoms with Gasteiger partial charge in [-0.15, -0.1) is 5.10 Å². The molecule has 25 heavy (non-hydrogen) atoms. The first kappa shape index (κ1) is 17.6. The summed E-state index contributed by atoms with van der Waals surface area (Å²) in [7, 11) is 0. The van der Waals surface area contributed by atoms with Gasteiger partial charge in [0.15, 0.2) is 0 Å². The second-order valence-corrected chi connectivity index (χ2v) is 7.11. The van der Waals surface area contributed by atoms with Crippen LogP contribution in [0.3, 0.4) is 0 Å². The van der Waals surface area contributed by atoms with Crippen molar-refractivity contribution in [3.63, 3.8) is 0 Å². The summed E-state index contributed by atoms with van der Waals surface area (Å²) in [5, 5.41) is 11.6. The molecule has 0 bridgehead atoms. The van der Waals surface area contributed by atoms with Gasteiger partial charge in [-0.25, -0.2) is 0 Å². The van der Waals surface area contributed by atoms with E-state index in [0.717, 1.165) is 56.8 Å². The van der Waals surface area contributed by atoms with E-state index in [1.54, 1.807) is 11.8 Å². The second-order valence-electron chi connectivity index (χ2n) is 7.11. The number of carbonyl (C=O) groups is 2. The molecule has 2 aliphatic heterocycles. The van der Waals surface area contributed by atoms with Gasteiger partial charge in [-0.2, -0.15) is 5.10 Å². The minimum atomic E-state index is -0.0369. The van der Waals surface area contributed by atoms with Crippen molar-refractivity contribution in [2.45, 2.75) is 45.6 Å². The normalized spacial score (nSPS) is 21.9. The van der Waals surface area contributed by atoms with Crippen LogP contribution in [-0.4, -0.2) is 64.0 Å². The van der Waals surface area contributed by atoms with E-state index in [1.807, 2.05) is 24.0 Å². The molecule has 1 aromatic rings. The highest BCUT2D eigenvalue weighted by Gasteiger charge is 2.32. The Balaban J connectivity index is 1.49. The number of hydrogen-bond donors (Lipinski definition) is 1. The summed E-state index contributed by atoms with van der Waals surface area (Å²) in [6.45, 7) is 6.37. The zero-order chi connectivity index (χ0) is 17.8. The summed E-state index contributed by atoms with van der Waals surface area (Å²) in [5.41, 5.74) is 0.901. The third kappa shape index (κ3) is 4.46. The Morgan fingerprint density at radius 3 is 2.48 bits per heavy atom. The average Bonchev–Trinajstić information content (AvgIpc) is 2.64. The van der Waals surface area contributed by atoms with Gasteiger partial charge in [0.2, 0.25) is 11.8 Å². The number of aryl methyl sites for hydroxylation is 1. The number of anilines is 1. The van der Waals surface area contributed by atoms with E-state index in [2.05, 4.69) is 15.5 Å². The number of aromatic nitrogens is 2. The van der Waals surface area contributed by atoms with Crippen LogP contribution in [0.15, 0.2) is 12.1 Å². The molecule has 1 aromatic heterocycles. The molecule has 1 atom stereocenters. The molecular weight excluding hydrogens is 318 g/mol. The Bertz CT molecular complexity index is 610. The van der Waals surface area contributed by atoms with Crippen LogP contribution < -0.4 is 5.32 Å². The van der Waals surface area contributed by atoms with Crippen LogP contribution in [0.25, 0.3) is 0 Å². The van der Waals surface area contributed by atoms with E-state index in [9.17, 15) is 9.59 Å². The standard InChI is InChI=1S/C18H27N5O2/c1-13-5-6-17(21-20-13)19-16-7-10-22(11-8-16)18(25)15-4-3-9-23(12-15)14(2)24/h5-6,15-16H,3-4,7-12H2,1-2H3,(H,19,21)/t15-/m0/s1. The maximum Gasteiger partial charge on any atom is 0.227 e. The molecule has 3 rings (SSSR count). The SMILES string of the molecule is CC(=O)N1CCC[C@H](C(=O)N2CCC(Nc3ccc(C)nn3)CC2)C1. The number of hydrogen-bond acceptors (Lipinski definition) is 5. The van der Waals surface area contributed by atoms with Crippen LogP contribution >= 0.6 is 0 Å². The molecule has 0 aromatic carbocycles. The molecule has 2 saturated heterocycles. The van der Waals surface area contributed by atoms with Crippen molar-refractivity contribution >= 4 is 17.6 Å². The van der Waals surface area contributed by atoms with Crippen molar-refractivity contribution in [1.29, 1.82) is 0 Å². The summed E-state index contributed by atoms with van der Waals surface area (Å²) in [6, 6.07) is 4.21. The predicted molar refractivity (Wildman–Crippen MR) is 95.0 cm³/mol. The van der Waals surface area contributed by atoms with E-state index in [-0.39, 0.29) is 17.7 Å². The molecular formula is C18H27N5O2. The molecule has 0 saturated carbocycles. The molecule has 2 amide bonds. The van der Waals surface area contributed by atoms with Gasteiger partial charge in [0.1, 0.15) is 5.82 Å². The monoisotopic (exact) mass is 345 g/mol. The zero-order valence-corrected chi connectivity index (χ0v) is 15.1. The van der Waals surface area contributed by atoms with Crippen molar-refractivity contribution in [2.75, 3.05) is 31.5 Å². The number of rotatable bonds is 3. The van der Waals surface area contributed by atoms with Crippen molar-refractivity contribution in [3.8, 4) is 0 Å². The van der Waals surface area contributed by atoms with Crippen molar-refractivity contribution in [2.24, 2.45) is 5.92 Å². The number of amides is 2. The van der Waals surface area contributed by atoms with Gasteiger partial charge in [-0.3, -0.25) is 9.59 Å². The first-order chi connectivity index (χ1) is 12.0. The molecule has 2 aliphatic rings. The molecule has 0 spiro atoms. The molecule has 0 radical (unpaired) electrons. The van der Waals surface area contributed by atoms with E-state index < -0.39 is 0 Å². The van der Waals surface area contributed by atoms with E-state index in [0.29, 0.717) is 12.6 Å². The lowest BCUT2D eigenvalue weighted by Crippen LogP contribution is -2.49. The second kappa shape index (κ2) is 7.80. The Labute approximate surface area is 148 Å². The molecule has 3 heterocycles. The lowest BCUT2D eigenvalue weighted by atomic mass is 9.95. The lowest BCUT2D eigenvalue weighted by molar-refractivity contribution is -0.140. The molecule has 2 fully saturated rings. The van der Waals surface area contributed by atoms with Crippen LogP contribution in [0.5, 0.6) is 0 Å². The predicted octanol–water partition coefficient (Wildman–Crippen LogP) is 1.45. The Hall–Kier alpha value is -2.18. The van der Waals surface area contributed by atoms with Crippen LogP contribution in [0.1, 0.15) is 38.3 Å². The quantitative estimate of drug-likeness (QED) is 0.897. The van der Waals surface area contributed by atoms with Gasteiger partial charge in [-0.05, 0) is 44.7 Å². The third-order valence-corrected chi connectivity index (χ3v) is 5.17. The summed E-state index contributed by atoms with van der Waals surface area (Å²) >= 11 is 0. The van der Waals surface area contributed by atoms with Crippen LogP contribution in [0, 0.1) is 12.8 Å². The summed E-state index contributed by atoms with van der Waals surface area (Å²) in [4.78, 5) is 28.1. The number of likely N-dealkylation sites (tertiary alicyclic amines) is 2. The highest BCUT2D eigenvalue weighted by atomic mass is 16.2. The zero-order valence-electron chi connectivity index (χ0n) is 15.1. The van der Waals surface area contributed by atoms with E-state index in [1.165, 1.54) is 0 Å². The molecule has 7 nitrogen and oxygen atoms in total. The van der Waals surface area contributed by atoms with Crippen molar-refractivity contribution < 1.29 is 9.59 Å². The van der Waals surface area contributed by atoms with Crippen molar-refractivity contribution in [3.05, 3.63) is 17.8 Å². The molecule has 7 heteroatoms. The molecule has 0 aliphatic carbocycles. The third-order valence-electron chi connectivity index (χ3n) is 5.17. The van der Waals surface area contributed by atoms with Crippen LogP contribution in [0.4, 0.5) is 5.82 Å². The Morgan fingerprint density at radius 1 is 1.08 bits per heavy atom. The van der Waals surface area contributed by atoms with Gasteiger partial charge in [-0.1, -0.05) is 0 Å². The minimum absolute atomic E-state index is 0.0369. The number of nitrogens with one attached hydrogen (secondary N) is 1. The first-order valence-electron chi connectivity index (χ1n) is 9.14. The Kier molecular flexibility index (Phi) is 5.50. The molecule has 1 N–H and O–H groups in total. The molecule has 0 unspecified atom stereocenters. The van der Waals surface area contributed by atoms with E-state index in [4.69, 9.17) is 0 Å². The smallest absolute Gasteiger partial charge is 0.227 e. The minimum Gasteiger partial charge on any atom is -0.366 e. The van der Waals surface area contributed by atoms with Gasteiger partial charge in [0, 0.05) is 39.1 Å². The molecule has 136 valence electrons. The topological polar surface area (TPSA) is 78.4 Å². The maximum absolute atomic E-state index is 12.8. The summed E-state index contributed by atoms with van der Waals surface area (Å²) < 4.78 is 0. The average molecular weight is 345 g/mol. The first-order valence-corrected chi connectivity index (χ1v) is 9.14. The number of nitrogens with zero attached hydrogens (tertiary/aromatic N) is 4. The highest BCUT2D eigenvalue weighted by molar-refractivity contribution is 5.81. The van der Waals surface area contributed by atoms with Gasteiger partial charge in [0.05, 0.1) is 11.6 Å². The van der Waals surface area contributed by atoms with Gasteiger partial charge < -0.3 is 15.1 Å². The highest BCUT2D eigenvalue weighted by Crippen LogP contribution is 2.22. The fraction of sp³-hybridized carbons (Fsp3) is 0.667. The number of carbonyl (C=O) groups excluding carboxylic acids is 2.